The van der Waals surface area contributed by atoms with E-state index >= 15 is 0 Å². The number of benzene rings is 1. The van der Waals surface area contributed by atoms with Crippen LogP contribution in [0.5, 0.6) is 5.75 Å². The normalized spacial score (nSPS) is 20.4. The Morgan fingerprint density at radius 1 is 1.22 bits per heavy atom. The monoisotopic (exact) mass is 366 g/mol. The maximum atomic E-state index is 12.4. The summed E-state index contributed by atoms with van der Waals surface area (Å²) in [7, 11) is 0. The Kier molecular flexibility index (Phi) is 4.97. The van der Waals surface area contributed by atoms with Gasteiger partial charge in [0.05, 0.1) is 5.56 Å². The molecule has 0 unspecified atom stereocenters. The van der Waals surface area contributed by atoms with Gasteiger partial charge >= 0.3 is 0 Å². The molecule has 2 N–H and O–H groups in total. The van der Waals surface area contributed by atoms with Gasteiger partial charge < -0.3 is 15.3 Å². The average Bonchev–Trinajstić information content (AvgIpc) is 3.29. The molecule has 1 aromatic heterocycles. The molecule has 0 bridgehead atoms. The summed E-state index contributed by atoms with van der Waals surface area (Å²) in [6, 6.07) is 9.43. The number of carbonyl (C=O) groups excluding carboxylic acids is 1. The van der Waals surface area contributed by atoms with Crippen LogP contribution in [0.1, 0.15) is 37.8 Å². The fraction of sp³-hybridized carbons (Fsp3) is 0.476. The van der Waals surface area contributed by atoms with Crippen LogP contribution in [0.25, 0.3) is 11.4 Å². The van der Waals surface area contributed by atoms with Gasteiger partial charge in [0.25, 0.3) is 0 Å². The maximum Gasteiger partial charge on any atom is 0.223 e. The predicted molar refractivity (Wildman–Crippen MR) is 104 cm³/mol. The minimum absolute atomic E-state index is 0.169. The fourth-order valence-corrected chi connectivity index (χ4v) is 4.21. The molecule has 0 radical (unpaired) electrons. The second-order valence-electron chi connectivity index (χ2n) is 7.67. The Labute approximate surface area is 159 Å². The zero-order chi connectivity index (χ0) is 18.8. The lowest BCUT2D eigenvalue weighted by molar-refractivity contribution is -0.129. The van der Waals surface area contributed by atoms with Crippen molar-refractivity contribution in [1.82, 2.24) is 14.9 Å². The van der Waals surface area contributed by atoms with Gasteiger partial charge in [0.2, 0.25) is 5.91 Å². The molecule has 4 rings (SSSR count). The summed E-state index contributed by atoms with van der Waals surface area (Å²) in [4.78, 5) is 23.5. The third-order valence-electron chi connectivity index (χ3n) is 5.58. The highest BCUT2D eigenvalue weighted by Gasteiger charge is 2.35. The van der Waals surface area contributed by atoms with Crippen molar-refractivity contribution in [1.29, 1.82) is 0 Å². The van der Waals surface area contributed by atoms with Crippen molar-refractivity contribution in [3.8, 4) is 17.1 Å². The van der Waals surface area contributed by atoms with Crippen molar-refractivity contribution in [2.24, 2.45) is 5.92 Å². The van der Waals surface area contributed by atoms with Crippen LogP contribution < -0.4 is 5.32 Å². The molecule has 1 saturated carbocycles. The van der Waals surface area contributed by atoms with E-state index in [-0.39, 0.29) is 5.75 Å². The molecule has 1 aliphatic carbocycles. The van der Waals surface area contributed by atoms with Gasteiger partial charge in [-0.25, -0.2) is 9.97 Å². The molecule has 1 saturated heterocycles. The zero-order valence-corrected chi connectivity index (χ0v) is 15.7. The number of anilines is 1. The van der Waals surface area contributed by atoms with E-state index in [1.54, 1.807) is 12.1 Å². The van der Waals surface area contributed by atoms with Crippen LogP contribution in [0.15, 0.2) is 30.3 Å². The lowest BCUT2D eigenvalue weighted by atomic mass is 10.1. The number of amides is 1. The van der Waals surface area contributed by atoms with Gasteiger partial charge in [-0.05, 0) is 31.9 Å². The van der Waals surface area contributed by atoms with Gasteiger partial charge in [0.1, 0.15) is 11.6 Å². The van der Waals surface area contributed by atoms with Crippen molar-refractivity contribution in [3.63, 3.8) is 0 Å². The molecular formula is C21H26N4O2. The van der Waals surface area contributed by atoms with Crippen molar-refractivity contribution in [3.05, 3.63) is 36.0 Å². The number of nitrogens with one attached hydrogen (secondary N) is 1. The number of rotatable bonds is 5. The van der Waals surface area contributed by atoms with E-state index in [1.807, 2.05) is 25.1 Å². The molecule has 142 valence electrons. The van der Waals surface area contributed by atoms with Crippen LogP contribution in [-0.2, 0) is 4.79 Å². The molecule has 1 aliphatic heterocycles. The molecule has 1 aromatic carbocycles. The summed E-state index contributed by atoms with van der Waals surface area (Å²) < 4.78 is 0. The zero-order valence-electron chi connectivity index (χ0n) is 15.7. The highest BCUT2D eigenvalue weighted by atomic mass is 16.3. The van der Waals surface area contributed by atoms with Gasteiger partial charge in [0, 0.05) is 43.2 Å². The topological polar surface area (TPSA) is 78.4 Å². The smallest absolute Gasteiger partial charge is 0.223 e. The average molecular weight is 366 g/mol. The number of aromatic nitrogens is 2. The van der Waals surface area contributed by atoms with Gasteiger partial charge in [-0.3, -0.25) is 4.79 Å². The molecule has 6 heteroatoms. The minimum atomic E-state index is 0.169. The SMILES string of the molecule is Cc1cc(NC[C@@H]2CC(=O)N(C3CCCC3)C2)nc(-c2ccccc2O)n1. The van der Waals surface area contributed by atoms with Crippen LogP contribution in [0.3, 0.4) is 0 Å². The first kappa shape index (κ1) is 17.8. The van der Waals surface area contributed by atoms with Crippen molar-refractivity contribution in [2.75, 3.05) is 18.4 Å². The van der Waals surface area contributed by atoms with Gasteiger partial charge in [-0.15, -0.1) is 0 Å². The first-order valence-corrected chi connectivity index (χ1v) is 9.77. The highest BCUT2D eigenvalue weighted by molar-refractivity contribution is 5.79. The van der Waals surface area contributed by atoms with Crippen LogP contribution in [0.2, 0.25) is 0 Å². The quantitative estimate of drug-likeness (QED) is 0.848. The molecule has 2 aliphatic rings. The number of para-hydroxylation sites is 1. The Hall–Kier alpha value is -2.63. The van der Waals surface area contributed by atoms with Gasteiger partial charge in [-0.2, -0.15) is 0 Å². The summed E-state index contributed by atoms with van der Waals surface area (Å²) in [5, 5.41) is 13.4. The molecule has 2 fully saturated rings. The first-order chi connectivity index (χ1) is 13.1. The van der Waals surface area contributed by atoms with E-state index in [9.17, 15) is 9.90 Å². The number of likely N-dealkylation sites (tertiary alicyclic amines) is 1. The van der Waals surface area contributed by atoms with Crippen molar-refractivity contribution >= 4 is 11.7 Å². The van der Waals surface area contributed by atoms with E-state index in [0.717, 1.165) is 30.9 Å². The molecule has 2 aromatic rings. The van der Waals surface area contributed by atoms with Crippen LogP contribution in [0.4, 0.5) is 5.82 Å². The maximum absolute atomic E-state index is 12.4. The number of hydrogen-bond donors (Lipinski definition) is 2. The molecule has 1 amide bonds. The first-order valence-electron chi connectivity index (χ1n) is 9.77. The van der Waals surface area contributed by atoms with E-state index < -0.39 is 0 Å². The molecule has 2 heterocycles. The number of hydrogen-bond acceptors (Lipinski definition) is 5. The Balaban J connectivity index is 1.43. The number of carbonyl (C=O) groups is 1. The largest absolute Gasteiger partial charge is 0.507 e. The van der Waals surface area contributed by atoms with Crippen LogP contribution in [0, 0.1) is 12.8 Å². The molecular weight excluding hydrogens is 340 g/mol. The van der Waals surface area contributed by atoms with E-state index in [1.165, 1.54) is 12.8 Å². The number of phenolic OH excluding ortho intramolecular Hbond substituents is 1. The van der Waals surface area contributed by atoms with E-state index in [2.05, 4.69) is 20.2 Å². The lowest BCUT2D eigenvalue weighted by Gasteiger charge is -2.24. The molecule has 0 spiro atoms. The van der Waals surface area contributed by atoms with Crippen LogP contribution in [-0.4, -0.2) is 45.0 Å². The second kappa shape index (κ2) is 7.55. The van der Waals surface area contributed by atoms with Crippen molar-refractivity contribution < 1.29 is 9.90 Å². The Morgan fingerprint density at radius 2 is 2.00 bits per heavy atom. The third-order valence-corrected chi connectivity index (χ3v) is 5.58. The number of phenols is 1. The Bertz CT molecular complexity index is 833. The Morgan fingerprint density at radius 3 is 2.78 bits per heavy atom. The fourth-order valence-electron chi connectivity index (χ4n) is 4.21. The third kappa shape index (κ3) is 3.89. The summed E-state index contributed by atoms with van der Waals surface area (Å²) in [5.41, 5.74) is 1.45. The summed E-state index contributed by atoms with van der Waals surface area (Å²) in [5.74, 6) is 2.00. The van der Waals surface area contributed by atoms with Crippen molar-refractivity contribution in [2.45, 2.75) is 45.1 Å². The number of aryl methyl sites for hydroxylation is 1. The molecule has 1 atom stereocenters. The predicted octanol–water partition coefficient (Wildman–Crippen LogP) is 3.36. The van der Waals surface area contributed by atoms with Gasteiger partial charge in [-0.1, -0.05) is 25.0 Å². The summed E-state index contributed by atoms with van der Waals surface area (Å²) >= 11 is 0. The van der Waals surface area contributed by atoms with Crippen LogP contribution >= 0.6 is 0 Å². The molecule has 27 heavy (non-hydrogen) atoms. The van der Waals surface area contributed by atoms with E-state index in [4.69, 9.17) is 0 Å². The number of nitrogens with zero attached hydrogens (tertiary/aromatic N) is 3. The standard InChI is InChI=1S/C21H26N4O2/c1-14-10-19(24-21(23-14)17-8-4-5-9-18(17)26)22-12-15-11-20(27)25(13-15)16-6-2-3-7-16/h4-5,8-10,15-16,26H,2-3,6-7,11-13H2,1H3,(H,22,23,24)/t15-/m0/s1. The minimum Gasteiger partial charge on any atom is -0.507 e. The molecule has 6 nitrogen and oxygen atoms in total. The second-order valence-corrected chi connectivity index (χ2v) is 7.67. The van der Waals surface area contributed by atoms with Gasteiger partial charge in [0.15, 0.2) is 5.82 Å². The summed E-state index contributed by atoms with van der Waals surface area (Å²) in [6.45, 7) is 3.47. The van der Waals surface area contributed by atoms with E-state index in [0.29, 0.717) is 42.2 Å². The highest BCUT2D eigenvalue weighted by Crippen LogP contribution is 2.30. The lowest BCUT2D eigenvalue weighted by Crippen LogP contribution is -2.34. The number of aromatic hydroxyl groups is 1. The summed E-state index contributed by atoms with van der Waals surface area (Å²) in [6.07, 6.45) is 5.40.